The molecular weight excluding hydrogens is 348 g/mol. The highest BCUT2D eigenvalue weighted by molar-refractivity contribution is 5.85. The van der Waals surface area contributed by atoms with E-state index in [0.29, 0.717) is 18.4 Å². The van der Waals surface area contributed by atoms with Crippen molar-refractivity contribution < 1.29 is 29.3 Å². The number of methoxy groups -OCH3 is 1. The van der Waals surface area contributed by atoms with Crippen LogP contribution in [0.2, 0.25) is 0 Å². The monoisotopic (exact) mass is 380 g/mol. The van der Waals surface area contributed by atoms with Gasteiger partial charge in [0.1, 0.15) is 6.61 Å². The number of hydrogen-bond acceptors (Lipinski definition) is 6. The zero-order chi connectivity index (χ0) is 20.0. The third kappa shape index (κ3) is 3.21. The van der Waals surface area contributed by atoms with Crippen LogP contribution in [0.15, 0.2) is 11.6 Å². The molecular formula is C21H32O6. The minimum absolute atomic E-state index is 0.0786. The van der Waals surface area contributed by atoms with Crippen molar-refractivity contribution in [2.75, 3.05) is 13.7 Å². The highest BCUT2D eigenvalue weighted by atomic mass is 16.5. The molecule has 0 aromatic carbocycles. The Kier molecular flexibility index (Phi) is 5.43. The van der Waals surface area contributed by atoms with E-state index in [1.54, 1.807) is 0 Å². The molecule has 2 fully saturated rings. The Labute approximate surface area is 160 Å². The van der Waals surface area contributed by atoms with Crippen LogP contribution in [0.3, 0.4) is 0 Å². The van der Waals surface area contributed by atoms with Crippen molar-refractivity contribution in [1.29, 1.82) is 0 Å². The average Bonchev–Trinajstić information content (AvgIpc) is 3.06. The van der Waals surface area contributed by atoms with Gasteiger partial charge >= 0.3 is 11.9 Å². The molecule has 2 saturated carbocycles. The van der Waals surface area contributed by atoms with Crippen LogP contribution in [0.1, 0.15) is 52.9 Å². The number of ether oxygens (including phenoxy) is 2. The third-order valence-electron chi connectivity index (χ3n) is 7.94. The fourth-order valence-corrected chi connectivity index (χ4v) is 6.08. The molecule has 0 unspecified atom stereocenters. The number of esters is 2. The minimum Gasteiger partial charge on any atom is -0.469 e. The van der Waals surface area contributed by atoms with E-state index in [1.807, 2.05) is 6.92 Å². The number of rotatable bonds is 4. The number of carbonyl (C=O) groups excluding carboxylic acids is 2. The Bertz CT molecular complexity index is 643. The zero-order valence-electron chi connectivity index (χ0n) is 16.7. The van der Waals surface area contributed by atoms with Crippen LogP contribution < -0.4 is 0 Å². The van der Waals surface area contributed by atoms with Gasteiger partial charge in [0, 0.05) is 17.1 Å². The summed E-state index contributed by atoms with van der Waals surface area (Å²) in [4.78, 5) is 23.9. The fraction of sp³-hybridized carbons (Fsp3) is 0.810. The summed E-state index contributed by atoms with van der Waals surface area (Å²) in [6.45, 7) is 6.43. The van der Waals surface area contributed by atoms with E-state index in [0.717, 1.165) is 19.3 Å². The molecule has 0 saturated heterocycles. The summed E-state index contributed by atoms with van der Waals surface area (Å²) >= 11 is 0. The lowest BCUT2D eigenvalue weighted by molar-refractivity contribution is -0.199. The normalized spacial score (nSPS) is 42.7. The predicted octanol–water partition coefficient (Wildman–Crippen LogP) is 2.22. The molecule has 2 aliphatic carbocycles. The first-order valence-corrected chi connectivity index (χ1v) is 9.95. The summed E-state index contributed by atoms with van der Waals surface area (Å²) in [6, 6.07) is 0. The molecule has 0 radical (unpaired) electrons. The molecule has 3 rings (SSSR count). The molecule has 7 atom stereocenters. The molecule has 0 aromatic heterocycles. The maximum absolute atomic E-state index is 12.5. The largest absolute Gasteiger partial charge is 0.469 e. The molecule has 1 heterocycles. The second kappa shape index (κ2) is 7.21. The van der Waals surface area contributed by atoms with Crippen LogP contribution >= 0.6 is 0 Å². The molecule has 6 heteroatoms. The first-order valence-electron chi connectivity index (χ1n) is 9.95. The van der Waals surface area contributed by atoms with Gasteiger partial charge in [-0.15, -0.1) is 0 Å². The van der Waals surface area contributed by atoms with Crippen LogP contribution in [-0.2, 0) is 19.1 Å². The van der Waals surface area contributed by atoms with E-state index in [9.17, 15) is 19.8 Å². The van der Waals surface area contributed by atoms with Gasteiger partial charge in [-0.2, -0.15) is 0 Å². The molecule has 6 nitrogen and oxygen atoms in total. The van der Waals surface area contributed by atoms with Crippen molar-refractivity contribution >= 4 is 11.9 Å². The second-order valence-corrected chi connectivity index (χ2v) is 9.13. The molecule has 2 N–H and O–H groups in total. The van der Waals surface area contributed by atoms with Crippen molar-refractivity contribution in [2.24, 2.45) is 28.6 Å². The first kappa shape index (κ1) is 20.3. The van der Waals surface area contributed by atoms with Crippen LogP contribution in [0.4, 0.5) is 0 Å². The van der Waals surface area contributed by atoms with E-state index in [-0.39, 0.29) is 35.7 Å². The van der Waals surface area contributed by atoms with Crippen molar-refractivity contribution in [2.45, 2.75) is 65.1 Å². The van der Waals surface area contributed by atoms with Gasteiger partial charge in [0.05, 0.1) is 25.2 Å². The smallest absolute Gasteiger partial charge is 0.331 e. The Hall–Kier alpha value is -1.40. The summed E-state index contributed by atoms with van der Waals surface area (Å²) in [5.41, 5.74) is -0.239. The van der Waals surface area contributed by atoms with E-state index in [4.69, 9.17) is 9.47 Å². The zero-order valence-corrected chi connectivity index (χ0v) is 16.7. The van der Waals surface area contributed by atoms with Crippen molar-refractivity contribution in [3.05, 3.63) is 11.6 Å². The first-order chi connectivity index (χ1) is 12.6. The third-order valence-corrected chi connectivity index (χ3v) is 7.94. The number of fused-ring (bicyclic) bond motifs is 1. The maximum Gasteiger partial charge on any atom is 0.331 e. The molecule has 0 aromatic rings. The van der Waals surface area contributed by atoms with Crippen molar-refractivity contribution in [1.82, 2.24) is 0 Å². The van der Waals surface area contributed by atoms with Gasteiger partial charge in [-0.1, -0.05) is 27.2 Å². The number of aliphatic hydroxyl groups is 2. The van der Waals surface area contributed by atoms with Gasteiger partial charge in [0.25, 0.3) is 0 Å². The van der Waals surface area contributed by atoms with Crippen molar-refractivity contribution in [3.8, 4) is 0 Å². The summed E-state index contributed by atoms with van der Waals surface area (Å²) in [6.07, 6.45) is 3.63. The highest BCUT2D eigenvalue weighted by Gasteiger charge is 2.62. The maximum atomic E-state index is 12.5. The summed E-state index contributed by atoms with van der Waals surface area (Å²) in [5.74, 6) is -0.744. The molecule has 27 heavy (non-hydrogen) atoms. The minimum atomic E-state index is -0.762. The van der Waals surface area contributed by atoms with Crippen LogP contribution in [-0.4, -0.2) is 48.1 Å². The Morgan fingerprint density at radius 2 is 2.11 bits per heavy atom. The molecule has 0 bridgehead atoms. The van der Waals surface area contributed by atoms with Gasteiger partial charge in [-0.05, 0) is 42.9 Å². The molecule has 1 aliphatic heterocycles. The lowest BCUT2D eigenvalue weighted by Crippen LogP contribution is -2.61. The van der Waals surface area contributed by atoms with Gasteiger partial charge in [-0.3, -0.25) is 4.79 Å². The summed E-state index contributed by atoms with van der Waals surface area (Å²) in [7, 11) is 1.40. The molecule has 3 aliphatic rings. The SMILES string of the molecule is COC(=O)[C@@H]1CCC[C@@H]2[C@@](C)(C[C@H](O)C3=CC(=O)OC3)[C@H](C)C[C@H](O)[C@]21C. The number of carbonyl (C=O) groups is 2. The lowest BCUT2D eigenvalue weighted by atomic mass is 9.43. The predicted molar refractivity (Wildman–Crippen MR) is 98.5 cm³/mol. The van der Waals surface area contributed by atoms with E-state index in [1.165, 1.54) is 13.2 Å². The lowest BCUT2D eigenvalue weighted by Gasteiger charge is -2.62. The van der Waals surface area contributed by atoms with Crippen LogP contribution in [0, 0.1) is 28.6 Å². The number of aliphatic hydroxyl groups excluding tert-OH is 2. The average molecular weight is 380 g/mol. The van der Waals surface area contributed by atoms with E-state index >= 15 is 0 Å². The Morgan fingerprint density at radius 3 is 2.70 bits per heavy atom. The van der Waals surface area contributed by atoms with E-state index in [2.05, 4.69) is 13.8 Å². The molecule has 152 valence electrons. The van der Waals surface area contributed by atoms with Gasteiger partial charge in [0.15, 0.2) is 0 Å². The number of hydrogen-bond donors (Lipinski definition) is 2. The Morgan fingerprint density at radius 1 is 1.41 bits per heavy atom. The van der Waals surface area contributed by atoms with E-state index < -0.39 is 23.6 Å². The topological polar surface area (TPSA) is 93.1 Å². The standard InChI is InChI=1S/C21H32O6/c1-12-8-17(23)21(3)14(19(25)26-4)6-5-7-16(21)20(12,2)10-15(22)13-9-18(24)27-11-13/h9,12,14-17,22-23H,5-8,10-11H2,1-4H3/t12-,14+,15+,16-,17+,20+,21+/m1/s1. The van der Waals surface area contributed by atoms with Gasteiger partial charge in [-0.25, -0.2) is 4.79 Å². The van der Waals surface area contributed by atoms with Gasteiger partial charge < -0.3 is 19.7 Å². The van der Waals surface area contributed by atoms with Crippen LogP contribution in [0.25, 0.3) is 0 Å². The van der Waals surface area contributed by atoms with Crippen molar-refractivity contribution in [3.63, 3.8) is 0 Å². The second-order valence-electron chi connectivity index (χ2n) is 9.13. The Balaban J connectivity index is 1.93. The highest BCUT2D eigenvalue weighted by Crippen LogP contribution is 2.63. The molecule has 0 amide bonds. The summed E-state index contributed by atoms with van der Waals surface area (Å²) in [5, 5.41) is 21.8. The number of cyclic esters (lactones) is 1. The molecule has 0 spiro atoms. The quantitative estimate of drug-likeness (QED) is 0.727. The van der Waals surface area contributed by atoms with Gasteiger partial charge in [0.2, 0.25) is 0 Å². The fourth-order valence-electron chi connectivity index (χ4n) is 6.08. The summed E-state index contributed by atoms with van der Waals surface area (Å²) < 4.78 is 10.0. The van der Waals surface area contributed by atoms with Crippen LogP contribution in [0.5, 0.6) is 0 Å².